The molecule has 2 aliphatic heterocycles. The number of carbonyl (C=O) groups excluding carboxylic acids is 1. The molecule has 0 bridgehead atoms. The van der Waals surface area contributed by atoms with E-state index in [2.05, 4.69) is 16.8 Å². The van der Waals surface area contributed by atoms with Gasteiger partial charge in [-0.2, -0.15) is 0 Å². The van der Waals surface area contributed by atoms with Crippen LogP contribution in [0.5, 0.6) is 0 Å². The molecule has 0 unspecified atom stereocenters. The van der Waals surface area contributed by atoms with Crippen molar-refractivity contribution in [2.24, 2.45) is 0 Å². The third-order valence-electron chi connectivity index (χ3n) is 5.76. The van der Waals surface area contributed by atoms with Crippen LogP contribution in [-0.4, -0.2) is 95.4 Å². The van der Waals surface area contributed by atoms with Gasteiger partial charge in [-0.3, -0.25) is 9.69 Å². The molecular weight excluding hydrogens is 366 g/mol. The maximum absolute atomic E-state index is 12.6. The smallest absolute Gasteiger partial charge is 0.227 e. The Morgan fingerprint density at radius 2 is 1.93 bits per heavy atom. The number of nitrogens with zero attached hydrogens (tertiary/aromatic N) is 3. The molecule has 1 amide bonds. The van der Waals surface area contributed by atoms with Crippen LogP contribution in [0.2, 0.25) is 5.02 Å². The number of hydrogen-bond donors (Lipinski definition) is 2. The SMILES string of the molecule is CN1CCCN(C[C@@]2(O)CCN(C(=O)Cc3ccc(Cl)cc3)C[C@@H]2O)CC1. The summed E-state index contributed by atoms with van der Waals surface area (Å²) in [5.41, 5.74) is -0.256. The number of likely N-dealkylation sites (N-methyl/N-ethyl adjacent to an activating group) is 1. The van der Waals surface area contributed by atoms with Crippen LogP contribution >= 0.6 is 11.6 Å². The van der Waals surface area contributed by atoms with E-state index >= 15 is 0 Å². The van der Waals surface area contributed by atoms with Gasteiger partial charge in [-0.05, 0) is 50.7 Å². The van der Waals surface area contributed by atoms with Crippen LogP contribution in [0.3, 0.4) is 0 Å². The number of β-amino-alcohol motifs (C(OH)–C–C–N with tert-alkyl or cyclic N) is 2. The molecule has 7 heteroatoms. The Balaban J connectivity index is 1.54. The predicted molar refractivity (Wildman–Crippen MR) is 106 cm³/mol. The molecule has 0 aliphatic carbocycles. The summed E-state index contributed by atoms with van der Waals surface area (Å²) in [6, 6.07) is 7.22. The fraction of sp³-hybridized carbons (Fsp3) is 0.650. The van der Waals surface area contributed by atoms with Gasteiger partial charge in [-0.1, -0.05) is 23.7 Å². The zero-order chi connectivity index (χ0) is 19.4. The Bertz CT molecular complexity index is 642. The zero-order valence-electron chi connectivity index (χ0n) is 16.0. The quantitative estimate of drug-likeness (QED) is 0.791. The van der Waals surface area contributed by atoms with Crippen LogP contribution in [0.25, 0.3) is 0 Å². The largest absolute Gasteiger partial charge is 0.388 e. The highest BCUT2D eigenvalue weighted by Crippen LogP contribution is 2.25. The third kappa shape index (κ3) is 5.42. The maximum atomic E-state index is 12.6. The van der Waals surface area contributed by atoms with Crippen LogP contribution in [0.4, 0.5) is 0 Å². The van der Waals surface area contributed by atoms with E-state index in [1.807, 2.05) is 12.1 Å². The molecular formula is C20H30ClN3O3. The number of rotatable bonds is 4. The number of piperidine rings is 1. The molecule has 2 N–H and O–H groups in total. The lowest BCUT2D eigenvalue weighted by atomic mass is 9.87. The van der Waals surface area contributed by atoms with E-state index in [1.54, 1.807) is 17.0 Å². The Labute approximate surface area is 166 Å². The van der Waals surface area contributed by atoms with Crippen molar-refractivity contribution >= 4 is 17.5 Å². The monoisotopic (exact) mass is 395 g/mol. The van der Waals surface area contributed by atoms with E-state index in [0.29, 0.717) is 24.5 Å². The molecule has 0 aromatic heterocycles. The van der Waals surface area contributed by atoms with Crippen molar-refractivity contribution in [2.45, 2.75) is 31.0 Å². The second-order valence-electron chi connectivity index (χ2n) is 7.95. The molecule has 2 aliphatic rings. The number of halogens is 1. The highest BCUT2D eigenvalue weighted by Gasteiger charge is 2.42. The van der Waals surface area contributed by atoms with E-state index in [4.69, 9.17) is 11.6 Å². The van der Waals surface area contributed by atoms with E-state index in [-0.39, 0.29) is 18.9 Å². The van der Waals surface area contributed by atoms with Crippen LogP contribution in [0.15, 0.2) is 24.3 Å². The van der Waals surface area contributed by atoms with Crippen LogP contribution in [-0.2, 0) is 11.2 Å². The lowest BCUT2D eigenvalue weighted by Gasteiger charge is -2.44. The second kappa shape index (κ2) is 8.88. The normalized spacial score (nSPS) is 28.1. The van der Waals surface area contributed by atoms with Crippen molar-refractivity contribution in [3.8, 4) is 0 Å². The zero-order valence-corrected chi connectivity index (χ0v) is 16.7. The van der Waals surface area contributed by atoms with Gasteiger partial charge in [0.15, 0.2) is 0 Å². The summed E-state index contributed by atoms with van der Waals surface area (Å²) >= 11 is 5.88. The van der Waals surface area contributed by atoms with Crippen molar-refractivity contribution < 1.29 is 15.0 Å². The average molecular weight is 396 g/mol. The van der Waals surface area contributed by atoms with Gasteiger partial charge in [0.2, 0.25) is 5.91 Å². The molecule has 6 nitrogen and oxygen atoms in total. The number of likely N-dealkylation sites (tertiary alicyclic amines) is 1. The second-order valence-corrected chi connectivity index (χ2v) is 8.38. The predicted octanol–water partition coefficient (Wildman–Crippen LogP) is 0.844. The highest BCUT2D eigenvalue weighted by molar-refractivity contribution is 6.30. The molecule has 0 saturated carbocycles. The topological polar surface area (TPSA) is 67.2 Å². The molecule has 2 saturated heterocycles. The van der Waals surface area contributed by atoms with Gasteiger partial charge >= 0.3 is 0 Å². The lowest BCUT2D eigenvalue weighted by Crippen LogP contribution is -2.61. The number of aliphatic hydroxyl groups is 2. The summed E-state index contributed by atoms with van der Waals surface area (Å²) < 4.78 is 0. The first-order chi connectivity index (χ1) is 12.9. The average Bonchev–Trinajstić information content (AvgIpc) is 2.83. The Morgan fingerprint density at radius 3 is 2.63 bits per heavy atom. The molecule has 1 aromatic carbocycles. The summed E-state index contributed by atoms with van der Waals surface area (Å²) in [5, 5.41) is 22.3. The summed E-state index contributed by atoms with van der Waals surface area (Å²) in [4.78, 5) is 18.7. The molecule has 27 heavy (non-hydrogen) atoms. The van der Waals surface area contributed by atoms with Crippen LogP contribution in [0.1, 0.15) is 18.4 Å². The highest BCUT2D eigenvalue weighted by atomic mass is 35.5. The van der Waals surface area contributed by atoms with E-state index in [1.165, 1.54) is 0 Å². The van der Waals surface area contributed by atoms with Gasteiger partial charge in [0.05, 0.1) is 6.42 Å². The number of benzene rings is 1. The number of carbonyl (C=O) groups is 1. The summed E-state index contributed by atoms with van der Waals surface area (Å²) in [6.45, 7) is 4.96. The molecule has 2 atom stereocenters. The van der Waals surface area contributed by atoms with Crippen molar-refractivity contribution in [3.63, 3.8) is 0 Å². The molecule has 0 spiro atoms. The summed E-state index contributed by atoms with van der Waals surface area (Å²) in [6.07, 6.45) is 0.809. The first-order valence-corrected chi connectivity index (χ1v) is 10.1. The molecule has 2 fully saturated rings. The Hall–Kier alpha value is -1.18. The molecule has 3 rings (SSSR count). The summed E-state index contributed by atoms with van der Waals surface area (Å²) in [7, 11) is 2.11. The van der Waals surface area contributed by atoms with Gasteiger partial charge in [-0.15, -0.1) is 0 Å². The van der Waals surface area contributed by atoms with Gasteiger partial charge in [0, 0.05) is 37.7 Å². The number of aliphatic hydroxyl groups excluding tert-OH is 1. The van der Waals surface area contributed by atoms with Gasteiger partial charge < -0.3 is 20.0 Å². The lowest BCUT2D eigenvalue weighted by molar-refractivity contribution is -0.152. The number of amides is 1. The minimum absolute atomic E-state index is 0.0326. The van der Waals surface area contributed by atoms with E-state index < -0.39 is 11.7 Å². The standard InChI is InChI=1S/C20H30ClN3O3/c1-22-8-2-9-23(12-11-22)15-20(27)7-10-24(14-18(20)25)19(26)13-16-3-5-17(21)6-4-16/h3-6,18,25,27H,2,7-15H2,1H3/t18-,20-/m0/s1. The molecule has 150 valence electrons. The molecule has 2 heterocycles. The maximum Gasteiger partial charge on any atom is 0.227 e. The molecule has 1 aromatic rings. The van der Waals surface area contributed by atoms with Crippen molar-refractivity contribution in [1.82, 2.24) is 14.7 Å². The van der Waals surface area contributed by atoms with Crippen LogP contribution < -0.4 is 0 Å². The Kier molecular flexibility index (Phi) is 6.76. The molecule has 0 radical (unpaired) electrons. The van der Waals surface area contributed by atoms with Gasteiger partial charge in [-0.25, -0.2) is 0 Å². The summed E-state index contributed by atoms with van der Waals surface area (Å²) in [5.74, 6) is -0.0326. The van der Waals surface area contributed by atoms with Gasteiger partial charge in [0.1, 0.15) is 11.7 Å². The number of hydrogen-bond acceptors (Lipinski definition) is 5. The van der Waals surface area contributed by atoms with Crippen molar-refractivity contribution in [1.29, 1.82) is 0 Å². The van der Waals surface area contributed by atoms with E-state index in [9.17, 15) is 15.0 Å². The fourth-order valence-electron chi connectivity index (χ4n) is 3.91. The van der Waals surface area contributed by atoms with Gasteiger partial charge in [0.25, 0.3) is 0 Å². The van der Waals surface area contributed by atoms with Crippen molar-refractivity contribution in [2.75, 3.05) is 52.9 Å². The van der Waals surface area contributed by atoms with Crippen LogP contribution in [0, 0.1) is 0 Å². The van der Waals surface area contributed by atoms with Crippen molar-refractivity contribution in [3.05, 3.63) is 34.9 Å². The minimum Gasteiger partial charge on any atom is -0.388 e. The minimum atomic E-state index is -1.15. The third-order valence-corrected chi connectivity index (χ3v) is 6.01. The first kappa shape index (κ1) is 20.6. The fourth-order valence-corrected chi connectivity index (χ4v) is 4.04. The first-order valence-electron chi connectivity index (χ1n) is 9.69. The van der Waals surface area contributed by atoms with E-state index in [0.717, 1.165) is 38.2 Å². The Morgan fingerprint density at radius 1 is 1.19 bits per heavy atom.